The summed E-state index contributed by atoms with van der Waals surface area (Å²) in [5, 5.41) is 0. The van der Waals surface area contributed by atoms with Crippen molar-refractivity contribution >= 4 is 23.1 Å². The van der Waals surface area contributed by atoms with Crippen LogP contribution in [0.15, 0.2) is 12.2 Å². The molecule has 2 bridgehead atoms. The zero-order valence-corrected chi connectivity index (χ0v) is 15.1. The van der Waals surface area contributed by atoms with Crippen LogP contribution in [0.1, 0.15) is 53.4 Å². The minimum Gasteiger partial charge on any atom is -0.299 e. The van der Waals surface area contributed by atoms with Gasteiger partial charge in [-0.2, -0.15) is 0 Å². The predicted octanol–water partition coefficient (Wildman–Crippen LogP) is 3.18. The first kappa shape index (κ1) is 18.8. The summed E-state index contributed by atoms with van der Waals surface area (Å²) < 4.78 is 0. The van der Waals surface area contributed by atoms with Gasteiger partial charge in [0.2, 0.25) is 0 Å². The van der Waals surface area contributed by atoms with E-state index in [0.717, 1.165) is 0 Å². The molecule has 0 aromatic heterocycles. The quantitative estimate of drug-likeness (QED) is 0.640. The summed E-state index contributed by atoms with van der Waals surface area (Å²) in [5.74, 6) is -2.24. The summed E-state index contributed by atoms with van der Waals surface area (Å²) in [6, 6.07) is 0. The number of allylic oxidation sites excluding steroid dienone is 2. The van der Waals surface area contributed by atoms with E-state index >= 15 is 0 Å². The number of rotatable bonds is 8. The number of fused-ring (bicyclic) bond motifs is 2. The number of hydrogen-bond acceptors (Lipinski definition) is 4. The Kier molecular flexibility index (Phi) is 5.89. The van der Waals surface area contributed by atoms with E-state index in [2.05, 4.69) is 0 Å². The van der Waals surface area contributed by atoms with Gasteiger partial charge in [0, 0.05) is 49.4 Å². The van der Waals surface area contributed by atoms with Gasteiger partial charge in [0.15, 0.2) is 0 Å². The lowest BCUT2D eigenvalue weighted by molar-refractivity contribution is -0.153. The lowest BCUT2D eigenvalue weighted by Gasteiger charge is -2.51. The van der Waals surface area contributed by atoms with Crippen LogP contribution in [0.3, 0.4) is 0 Å². The van der Waals surface area contributed by atoms with Crippen molar-refractivity contribution in [2.24, 2.45) is 35.5 Å². The molecule has 6 atom stereocenters. The summed E-state index contributed by atoms with van der Waals surface area (Å²) in [4.78, 5) is 50.4. The van der Waals surface area contributed by atoms with Crippen LogP contribution in [0.4, 0.5) is 0 Å². The van der Waals surface area contributed by atoms with E-state index in [4.69, 9.17) is 0 Å². The Balaban J connectivity index is 2.56. The van der Waals surface area contributed by atoms with Gasteiger partial charge in [-0.3, -0.25) is 19.2 Å². The summed E-state index contributed by atoms with van der Waals surface area (Å²) in [5.41, 5.74) is 0. The fourth-order valence-electron chi connectivity index (χ4n) is 4.74. The molecular weight excluding hydrogens is 304 g/mol. The molecule has 2 unspecified atom stereocenters. The fourth-order valence-corrected chi connectivity index (χ4v) is 4.74. The Hall–Kier alpha value is -1.58. The van der Waals surface area contributed by atoms with Crippen LogP contribution in [0, 0.1) is 35.5 Å². The van der Waals surface area contributed by atoms with Gasteiger partial charge in [0.05, 0.1) is 0 Å². The average Bonchev–Trinajstić information content (AvgIpc) is 2.64. The molecule has 0 spiro atoms. The van der Waals surface area contributed by atoms with Crippen molar-refractivity contribution in [1.82, 2.24) is 0 Å². The molecule has 1 saturated carbocycles. The van der Waals surface area contributed by atoms with Crippen molar-refractivity contribution < 1.29 is 19.2 Å². The van der Waals surface area contributed by atoms with Crippen LogP contribution in [-0.4, -0.2) is 23.1 Å². The fraction of sp³-hybridized carbons (Fsp3) is 0.700. The topological polar surface area (TPSA) is 68.3 Å². The molecule has 3 aliphatic rings. The molecule has 1 fully saturated rings. The normalized spacial score (nSPS) is 34.2. The average molecular weight is 332 g/mol. The first-order valence-corrected chi connectivity index (χ1v) is 9.21. The summed E-state index contributed by atoms with van der Waals surface area (Å²) >= 11 is 0. The summed E-state index contributed by atoms with van der Waals surface area (Å²) in [6.07, 6.45) is 5.28. The van der Waals surface area contributed by atoms with Crippen molar-refractivity contribution in [3.05, 3.63) is 12.2 Å². The van der Waals surface area contributed by atoms with E-state index in [1.807, 2.05) is 12.2 Å². The van der Waals surface area contributed by atoms with Gasteiger partial charge in [0.1, 0.15) is 23.1 Å². The van der Waals surface area contributed by atoms with Gasteiger partial charge >= 0.3 is 0 Å². The molecule has 0 radical (unpaired) electrons. The number of carbonyl (C=O) groups excluding carboxylic acids is 4. The van der Waals surface area contributed by atoms with Crippen molar-refractivity contribution in [3.63, 3.8) is 0 Å². The van der Waals surface area contributed by atoms with Gasteiger partial charge in [0.25, 0.3) is 0 Å². The van der Waals surface area contributed by atoms with E-state index in [1.54, 1.807) is 27.7 Å². The number of carbonyl (C=O) groups is 4. The van der Waals surface area contributed by atoms with Crippen LogP contribution >= 0.6 is 0 Å². The van der Waals surface area contributed by atoms with Gasteiger partial charge < -0.3 is 0 Å². The third-order valence-corrected chi connectivity index (χ3v) is 5.87. The predicted molar refractivity (Wildman–Crippen MR) is 91.3 cm³/mol. The molecule has 0 aromatic rings. The Morgan fingerprint density at radius 3 is 0.917 bits per heavy atom. The molecule has 24 heavy (non-hydrogen) atoms. The van der Waals surface area contributed by atoms with Crippen molar-refractivity contribution in [2.75, 3.05) is 0 Å². The van der Waals surface area contributed by atoms with Crippen LogP contribution < -0.4 is 0 Å². The number of ketones is 4. The number of Topliss-reactive ketones (excluding diaryl/α,β-unsaturated/α-hetero) is 4. The highest BCUT2D eigenvalue weighted by Gasteiger charge is 2.58. The molecule has 0 N–H and O–H groups in total. The third-order valence-electron chi connectivity index (χ3n) is 5.87. The second kappa shape index (κ2) is 7.54. The SMILES string of the molecule is CCC(=O)[C@@H]1C2C=CC([C@@H](C(=O)CC)[C@H]2C(=O)CC)[C@@H]1C(=O)CC. The van der Waals surface area contributed by atoms with Gasteiger partial charge in [-0.1, -0.05) is 39.8 Å². The van der Waals surface area contributed by atoms with E-state index in [1.165, 1.54) is 0 Å². The van der Waals surface area contributed by atoms with E-state index in [9.17, 15) is 19.2 Å². The maximum Gasteiger partial charge on any atom is 0.137 e. The molecule has 4 nitrogen and oxygen atoms in total. The summed E-state index contributed by atoms with van der Waals surface area (Å²) in [6.45, 7) is 7.19. The maximum atomic E-state index is 12.6. The zero-order chi connectivity index (χ0) is 18.0. The van der Waals surface area contributed by atoms with Crippen LogP contribution in [0.25, 0.3) is 0 Å². The first-order valence-electron chi connectivity index (χ1n) is 9.21. The highest BCUT2D eigenvalue weighted by atomic mass is 16.1. The van der Waals surface area contributed by atoms with Crippen molar-refractivity contribution in [1.29, 1.82) is 0 Å². The smallest absolute Gasteiger partial charge is 0.137 e. The highest BCUT2D eigenvalue weighted by molar-refractivity contribution is 5.96. The van der Waals surface area contributed by atoms with Crippen LogP contribution in [-0.2, 0) is 19.2 Å². The molecule has 132 valence electrons. The lowest BCUT2D eigenvalue weighted by Crippen LogP contribution is -2.57. The zero-order valence-electron chi connectivity index (χ0n) is 15.1. The van der Waals surface area contributed by atoms with Crippen LogP contribution in [0.5, 0.6) is 0 Å². The molecule has 0 aromatic carbocycles. The second-order valence-electron chi connectivity index (χ2n) is 6.92. The highest BCUT2D eigenvalue weighted by Crippen LogP contribution is 2.53. The third kappa shape index (κ3) is 2.91. The maximum absolute atomic E-state index is 12.6. The molecule has 0 saturated heterocycles. The van der Waals surface area contributed by atoms with Crippen molar-refractivity contribution in [3.8, 4) is 0 Å². The lowest BCUT2D eigenvalue weighted by atomic mass is 9.49. The molecule has 3 rings (SSSR count). The van der Waals surface area contributed by atoms with E-state index in [-0.39, 0.29) is 35.0 Å². The molecule has 0 aliphatic heterocycles. The molecular formula is C20H28O4. The molecule has 0 heterocycles. The van der Waals surface area contributed by atoms with Gasteiger partial charge in [-0.05, 0) is 11.8 Å². The van der Waals surface area contributed by atoms with E-state index < -0.39 is 23.7 Å². The minimum absolute atomic E-state index is 0.0393. The Labute approximate surface area is 144 Å². The van der Waals surface area contributed by atoms with Crippen molar-refractivity contribution in [2.45, 2.75) is 53.4 Å². The minimum atomic E-state index is -0.446. The van der Waals surface area contributed by atoms with E-state index in [0.29, 0.717) is 25.7 Å². The van der Waals surface area contributed by atoms with Gasteiger partial charge in [-0.15, -0.1) is 0 Å². The molecule has 4 heteroatoms. The largest absolute Gasteiger partial charge is 0.299 e. The molecule has 3 aliphatic carbocycles. The second-order valence-corrected chi connectivity index (χ2v) is 6.92. The monoisotopic (exact) mass is 332 g/mol. The van der Waals surface area contributed by atoms with Gasteiger partial charge in [-0.25, -0.2) is 0 Å². The van der Waals surface area contributed by atoms with Crippen LogP contribution in [0.2, 0.25) is 0 Å². The number of hydrogen-bond donors (Lipinski definition) is 0. The Morgan fingerprint density at radius 2 is 0.750 bits per heavy atom. The Bertz CT molecular complexity index is 480. The molecule has 0 amide bonds. The Morgan fingerprint density at radius 1 is 0.542 bits per heavy atom. The summed E-state index contributed by atoms with van der Waals surface area (Å²) in [7, 11) is 0. The standard InChI is InChI=1S/C20H28O4/c1-5-13(21)17-11-9-10-12(18(17)14(22)6-2)20(16(24)8-4)19(11)15(23)7-3/h9-12,17-20H,5-8H2,1-4H3/t11?,12?,17-,18+,19+,20-. The first-order chi connectivity index (χ1) is 11.4.